The maximum absolute atomic E-state index is 4.12. The van der Waals surface area contributed by atoms with Crippen LogP contribution in [0.1, 0.15) is 0 Å². The SMILES string of the molecule is c1ccc(SP(Nc2ccc3ccccc3c2-c2c(NP(Sc3ccccc3)Sc3ccccc3)ccc3ccccc23)Sc2ccccc2)cc1. The first-order chi connectivity index (χ1) is 25.8. The smallest absolute Gasteiger partial charge is 0.122 e. The lowest BCUT2D eigenvalue weighted by molar-refractivity contribution is 1.47. The zero-order chi connectivity index (χ0) is 35.0. The maximum Gasteiger partial charge on any atom is 0.122 e. The summed E-state index contributed by atoms with van der Waals surface area (Å²) in [6.07, 6.45) is 0. The molecule has 254 valence electrons. The monoisotopic (exact) mass is 780 g/mol. The second kappa shape index (κ2) is 17.3. The van der Waals surface area contributed by atoms with Crippen molar-refractivity contribution in [3.8, 4) is 11.1 Å². The Labute approximate surface area is 324 Å². The topological polar surface area (TPSA) is 24.1 Å². The van der Waals surface area contributed by atoms with Crippen molar-refractivity contribution < 1.29 is 0 Å². The Hall–Kier alpha value is -3.86. The summed E-state index contributed by atoms with van der Waals surface area (Å²) in [6, 6.07) is 69.7. The zero-order valence-electron chi connectivity index (χ0n) is 28.0. The van der Waals surface area contributed by atoms with Gasteiger partial charge in [0, 0.05) is 42.1 Å². The van der Waals surface area contributed by atoms with E-state index in [1.807, 2.05) is 45.5 Å². The second-order valence-corrected chi connectivity index (χ2v) is 23.8. The van der Waals surface area contributed by atoms with Crippen LogP contribution in [0.5, 0.6) is 0 Å². The minimum atomic E-state index is -0.829. The van der Waals surface area contributed by atoms with Crippen LogP contribution in [0.15, 0.2) is 214 Å². The Kier molecular flexibility index (Phi) is 11.7. The minimum Gasteiger partial charge on any atom is -0.347 e. The molecule has 0 saturated heterocycles. The molecule has 0 bridgehead atoms. The summed E-state index contributed by atoms with van der Waals surface area (Å²) in [4.78, 5) is 5.00. The molecule has 52 heavy (non-hydrogen) atoms. The standard InChI is InChI=1S/C44H34N2P2S4/c1-5-19-35(20-6-1)49-47(50-36-21-7-2-8-22-36)45-41-31-29-33-17-13-15-27-39(33)43(41)44-40-28-16-14-18-34(40)30-32-42(44)46-48(51-37-23-9-3-10-24-37)52-38-25-11-4-12-26-38/h1-32,45-46H. The predicted octanol–water partition coefficient (Wildman–Crippen LogP) is 16.1. The van der Waals surface area contributed by atoms with Crippen LogP contribution in [-0.4, -0.2) is 0 Å². The van der Waals surface area contributed by atoms with Crippen molar-refractivity contribution in [2.75, 3.05) is 10.2 Å². The van der Waals surface area contributed by atoms with Gasteiger partial charge < -0.3 is 10.2 Å². The second-order valence-electron chi connectivity index (χ2n) is 11.8. The first-order valence-electron chi connectivity index (χ1n) is 16.9. The first kappa shape index (κ1) is 35.2. The van der Waals surface area contributed by atoms with Gasteiger partial charge in [0.15, 0.2) is 0 Å². The highest BCUT2D eigenvalue weighted by Gasteiger charge is 2.23. The molecule has 0 aliphatic rings. The van der Waals surface area contributed by atoms with Gasteiger partial charge in [-0.25, -0.2) is 0 Å². The summed E-state index contributed by atoms with van der Waals surface area (Å²) < 4.78 is 0. The van der Waals surface area contributed by atoms with Gasteiger partial charge in [0.2, 0.25) is 0 Å². The van der Waals surface area contributed by atoms with Gasteiger partial charge in [-0.15, -0.1) is 0 Å². The molecule has 0 saturated carbocycles. The molecule has 0 aliphatic heterocycles. The Balaban J connectivity index is 1.27. The van der Waals surface area contributed by atoms with E-state index >= 15 is 0 Å². The van der Waals surface area contributed by atoms with E-state index in [-0.39, 0.29) is 0 Å². The molecule has 0 unspecified atom stereocenters. The molecule has 8 rings (SSSR count). The van der Waals surface area contributed by atoms with Gasteiger partial charge in [0.25, 0.3) is 0 Å². The van der Waals surface area contributed by atoms with Gasteiger partial charge in [-0.1, -0.05) is 179 Å². The van der Waals surface area contributed by atoms with E-state index in [2.05, 4.69) is 204 Å². The minimum absolute atomic E-state index is 0.829. The van der Waals surface area contributed by atoms with E-state index in [0.717, 1.165) is 11.4 Å². The molecule has 0 atom stereocenters. The van der Waals surface area contributed by atoms with Crippen LogP contribution in [-0.2, 0) is 0 Å². The third-order valence-corrected chi connectivity index (χ3v) is 20.0. The lowest BCUT2D eigenvalue weighted by Gasteiger charge is -2.25. The molecule has 0 fully saturated rings. The van der Waals surface area contributed by atoms with Crippen LogP contribution in [0.2, 0.25) is 0 Å². The molecular weight excluding hydrogens is 747 g/mol. The fourth-order valence-electron chi connectivity index (χ4n) is 5.90. The van der Waals surface area contributed by atoms with Gasteiger partial charge in [-0.2, -0.15) is 0 Å². The summed E-state index contributed by atoms with van der Waals surface area (Å²) >= 11 is 7.62. The van der Waals surface area contributed by atoms with Crippen LogP contribution in [0.25, 0.3) is 32.7 Å². The molecule has 0 aliphatic carbocycles. The number of rotatable bonds is 13. The van der Waals surface area contributed by atoms with Crippen molar-refractivity contribution in [2.24, 2.45) is 0 Å². The van der Waals surface area contributed by atoms with Gasteiger partial charge in [-0.05, 0) is 82.2 Å². The van der Waals surface area contributed by atoms with Crippen LogP contribution in [0, 0.1) is 0 Å². The van der Waals surface area contributed by atoms with Gasteiger partial charge in [0.1, 0.15) is 13.0 Å². The fourth-order valence-corrected chi connectivity index (χ4v) is 18.3. The van der Waals surface area contributed by atoms with E-state index in [9.17, 15) is 0 Å². The molecule has 0 radical (unpaired) electrons. The molecule has 2 nitrogen and oxygen atoms in total. The molecule has 8 aromatic carbocycles. The van der Waals surface area contributed by atoms with Gasteiger partial charge >= 0.3 is 0 Å². The number of fused-ring (bicyclic) bond motifs is 2. The highest BCUT2D eigenvalue weighted by molar-refractivity contribution is 8.89. The summed E-state index contributed by atoms with van der Waals surface area (Å²) in [5.41, 5.74) is 4.70. The molecular formula is C44H34N2P2S4. The van der Waals surface area contributed by atoms with Crippen LogP contribution >= 0.6 is 58.5 Å². The Morgan fingerprint density at radius 1 is 0.288 bits per heavy atom. The Bertz CT molecular complexity index is 2130. The molecule has 0 spiro atoms. The van der Waals surface area contributed by atoms with Crippen LogP contribution in [0.3, 0.4) is 0 Å². The van der Waals surface area contributed by atoms with Crippen molar-refractivity contribution in [1.29, 1.82) is 0 Å². The Morgan fingerprint density at radius 2 is 0.577 bits per heavy atom. The zero-order valence-corrected chi connectivity index (χ0v) is 33.1. The van der Waals surface area contributed by atoms with Crippen molar-refractivity contribution >= 4 is 91.4 Å². The number of anilines is 2. The van der Waals surface area contributed by atoms with E-state index in [4.69, 9.17) is 0 Å². The summed E-state index contributed by atoms with van der Waals surface area (Å²) in [5, 5.41) is 13.1. The number of hydrogen-bond acceptors (Lipinski definition) is 6. The number of benzene rings is 8. The Morgan fingerprint density at radius 3 is 0.904 bits per heavy atom. The van der Waals surface area contributed by atoms with Crippen LogP contribution in [0.4, 0.5) is 11.4 Å². The number of nitrogens with one attached hydrogen (secondary N) is 2. The molecule has 8 aromatic rings. The van der Waals surface area contributed by atoms with Gasteiger partial charge in [-0.3, -0.25) is 0 Å². The summed E-state index contributed by atoms with van der Waals surface area (Å²) in [5.74, 6) is 0. The molecule has 0 heterocycles. The van der Waals surface area contributed by atoms with Crippen LogP contribution < -0.4 is 10.2 Å². The normalized spacial score (nSPS) is 11.3. The average molecular weight is 781 g/mol. The lowest BCUT2D eigenvalue weighted by atomic mass is 9.91. The largest absolute Gasteiger partial charge is 0.347 e. The summed E-state index contributed by atoms with van der Waals surface area (Å²) in [6.45, 7) is -1.66. The number of hydrogen-bond donors (Lipinski definition) is 2. The third-order valence-electron chi connectivity index (χ3n) is 8.26. The average Bonchev–Trinajstić information content (AvgIpc) is 3.19. The highest BCUT2D eigenvalue weighted by atomic mass is 33.1. The first-order valence-corrected chi connectivity index (χ1v) is 25.2. The van der Waals surface area contributed by atoms with Crippen molar-refractivity contribution in [1.82, 2.24) is 0 Å². The van der Waals surface area contributed by atoms with Gasteiger partial charge in [0.05, 0.1) is 0 Å². The maximum atomic E-state index is 4.12. The highest BCUT2D eigenvalue weighted by Crippen LogP contribution is 2.68. The molecule has 0 aromatic heterocycles. The molecule has 2 N–H and O–H groups in total. The fraction of sp³-hybridized carbons (Fsp3) is 0. The predicted molar refractivity (Wildman–Crippen MR) is 237 cm³/mol. The van der Waals surface area contributed by atoms with Crippen molar-refractivity contribution in [3.63, 3.8) is 0 Å². The lowest BCUT2D eigenvalue weighted by Crippen LogP contribution is -1.98. The molecule has 0 amide bonds. The van der Waals surface area contributed by atoms with Crippen molar-refractivity contribution in [3.05, 3.63) is 194 Å². The van der Waals surface area contributed by atoms with E-state index in [1.54, 1.807) is 0 Å². The quantitative estimate of drug-likeness (QED) is 0.113. The third kappa shape index (κ3) is 8.67. The van der Waals surface area contributed by atoms with E-state index in [0.29, 0.717) is 0 Å². The van der Waals surface area contributed by atoms with Crippen molar-refractivity contribution in [2.45, 2.75) is 19.6 Å². The van der Waals surface area contributed by atoms with E-state index in [1.165, 1.54) is 52.3 Å². The summed E-state index contributed by atoms with van der Waals surface area (Å²) in [7, 11) is 0. The molecule has 8 heteroatoms. The van der Waals surface area contributed by atoms with E-state index < -0.39 is 13.0 Å².